The molecule has 3 aromatic carbocycles. The summed E-state index contributed by atoms with van der Waals surface area (Å²) < 4.78 is 0. The molecular formula is C37H42Cl2N4OS. The second-order valence-corrected chi connectivity index (χ2v) is 15.1. The second-order valence-electron chi connectivity index (χ2n) is 13.8. The van der Waals surface area contributed by atoms with Gasteiger partial charge in [-0.25, -0.2) is 4.99 Å². The normalized spacial score (nSPS) is 25.9. The summed E-state index contributed by atoms with van der Waals surface area (Å²) in [7, 11) is 1.75. The van der Waals surface area contributed by atoms with E-state index < -0.39 is 6.17 Å². The van der Waals surface area contributed by atoms with Gasteiger partial charge in [0.05, 0.1) is 11.4 Å². The zero-order valence-electron chi connectivity index (χ0n) is 26.7. The van der Waals surface area contributed by atoms with Crippen LogP contribution in [0.5, 0.6) is 0 Å². The minimum atomic E-state index is -0.936. The van der Waals surface area contributed by atoms with E-state index in [2.05, 4.69) is 56.5 Å². The fourth-order valence-corrected chi connectivity index (χ4v) is 8.76. The van der Waals surface area contributed by atoms with Crippen molar-refractivity contribution in [2.75, 3.05) is 18.5 Å². The van der Waals surface area contributed by atoms with Gasteiger partial charge in [-0.15, -0.1) is 0 Å². The average Bonchev–Trinajstić information content (AvgIpc) is 3.10. The Kier molecular flexibility index (Phi) is 8.79. The maximum Gasteiger partial charge on any atom is 0.272 e. The van der Waals surface area contributed by atoms with Gasteiger partial charge in [0.1, 0.15) is 0 Å². The fourth-order valence-electron chi connectivity index (χ4n) is 8.18. The highest BCUT2D eigenvalue weighted by Gasteiger charge is 2.51. The maximum absolute atomic E-state index is 13.8. The summed E-state index contributed by atoms with van der Waals surface area (Å²) >= 11 is 18.9. The van der Waals surface area contributed by atoms with E-state index in [1.54, 1.807) is 18.0 Å². The highest BCUT2D eigenvalue weighted by atomic mass is 35.5. The lowest BCUT2D eigenvalue weighted by molar-refractivity contribution is -0.119. The van der Waals surface area contributed by atoms with Crippen LogP contribution < -0.4 is 15.5 Å². The Bertz CT molecular complexity index is 1690. The Hall–Kier alpha value is -2.93. The number of nitrogens with zero attached hydrogens (tertiary/aromatic N) is 2. The number of likely N-dealkylation sites (N-methyl/N-ethyl adjacent to an activating group) is 1. The third-order valence-corrected chi connectivity index (χ3v) is 11.4. The van der Waals surface area contributed by atoms with Crippen LogP contribution in [0.4, 0.5) is 5.69 Å². The van der Waals surface area contributed by atoms with Crippen molar-refractivity contribution < 1.29 is 4.79 Å². The molecule has 2 aliphatic carbocycles. The van der Waals surface area contributed by atoms with Gasteiger partial charge in [0.2, 0.25) is 6.17 Å². The third-order valence-electron chi connectivity index (χ3n) is 10.6. The van der Waals surface area contributed by atoms with Crippen molar-refractivity contribution in [2.45, 2.75) is 77.3 Å². The minimum Gasteiger partial charge on any atom is -0.362 e. The molecule has 1 fully saturated rings. The lowest BCUT2D eigenvalue weighted by Gasteiger charge is -2.55. The second kappa shape index (κ2) is 12.4. The topological polar surface area (TPSA) is 56.7 Å². The molecule has 2 N–H and O–H groups in total. The number of hydrogen-bond donors (Lipinski definition) is 2. The molecule has 0 aromatic heterocycles. The van der Waals surface area contributed by atoms with E-state index >= 15 is 0 Å². The average molecular weight is 662 g/mol. The van der Waals surface area contributed by atoms with Gasteiger partial charge in [0, 0.05) is 34.8 Å². The van der Waals surface area contributed by atoms with Crippen LogP contribution in [0.1, 0.15) is 87.1 Å². The van der Waals surface area contributed by atoms with Gasteiger partial charge in [-0.1, -0.05) is 93.7 Å². The molecule has 1 aliphatic heterocycles. The molecule has 236 valence electrons. The van der Waals surface area contributed by atoms with Crippen LogP contribution in [0.25, 0.3) is 0 Å². The molecule has 0 radical (unpaired) electrons. The highest BCUT2D eigenvalue weighted by molar-refractivity contribution is 7.80. The van der Waals surface area contributed by atoms with E-state index in [4.69, 9.17) is 40.4 Å². The molecule has 0 saturated heterocycles. The molecule has 3 aliphatic rings. The van der Waals surface area contributed by atoms with Gasteiger partial charge in [0.25, 0.3) is 5.91 Å². The molecule has 1 saturated carbocycles. The molecular weight excluding hydrogens is 619 g/mol. The maximum atomic E-state index is 13.8. The molecule has 1 heterocycles. The Morgan fingerprint density at radius 3 is 2.60 bits per heavy atom. The van der Waals surface area contributed by atoms with Gasteiger partial charge in [-0.05, 0) is 102 Å². The number of anilines is 1. The van der Waals surface area contributed by atoms with Crippen molar-refractivity contribution in [1.29, 1.82) is 0 Å². The number of thiocarbonyl (C=S) groups is 1. The highest BCUT2D eigenvalue weighted by Crippen LogP contribution is 2.57. The number of fused-ring (bicyclic) bond motifs is 4. The van der Waals surface area contributed by atoms with E-state index in [0.717, 1.165) is 30.5 Å². The van der Waals surface area contributed by atoms with E-state index in [-0.39, 0.29) is 16.7 Å². The van der Waals surface area contributed by atoms with Crippen LogP contribution in [-0.2, 0) is 16.6 Å². The van der Waals surface area contributed by atoms with Crippen LogP contribution in [0.15, 0.2) is 65.7 Å². The van der Waals surface area contributed by atoms with Crippen molar-refractivity contribution in [3.63, 3.8) is 0 Å². The molecule has 5 nitrogen and oxygen atoms in total. The Morgan fingerprint density at radius 1 is 1.07 bits per heavy atom. The summed E-state index contributed by atoms with van der Waals surface area (Å²) in [4.78, 5) is 20.3. The summed E-state index contributed by atoms with van der Waals surface area (Å²) in [5.41, 5.74) is 7.43. The molecule has 4 unspecified atom stereocenters. The number of aryl methyl sites for hydroxylation is 1. The molecule has 8 heteroatoms. The van der Waals surface area contributed by atoms with Crippen LogP contribution >= 0.6 is 35.4 Å². The number of carbonyl (C=O) groups excluding carboxylic acids is 1. The first-order valence-electron chi connectivity index (χ1n) is 16.0. The largest absolute Gasteiger partial charge is 0.362 e. The predicted octanol–water partition coefficient (Wildman–Crippen LogP) is 8.43. The molecule has 6 rings (SSSR count). The SMILES string of the molecule is CC(C)c1ccc2c(c1)CCC1C(C)(CNC(=S)NC3N=C(c4ccccc4Cl)c4cc(Cl)ccc4N(C)C3=O)CCCC21C. The molecule has 1 amide bonds. The first kappa shape index (κ1) is 32.0. The van der Waals surface area contributed by atoms with Crippen molar-refractivity contribution >= 4 is 57.8 Å². The molecule has 4 atom stereocenters. The number of benzene rings is 3. The van der Waals surface area contributed by atoms with Crippen molar-refractivity contribution in [1.82, 2.24) is 10.6 Å². The molecule has 0 spiro atoms. The zero-order chi connectivity index (χ0) is 32.1. The van der Waals surface area contributed by atoms with Crippen molar-refractivity contribution in [2.24, 2.45) is 16.3 Å². The number of aliphatic imine (C=N–C) groups is 1. The van der Waals surface area contributed by atoms with Crippen LogP contribution in [-0.4, -0.2) is 36.5 Å². The number of halogens is 2. The number of amides is 1. The first-order chi connectivity index (χ1) is 21.4. The molecule has 0 bridgehead atoms. The number of rotatable bonds is 5. The van der Waals surface area contributed by atoms with E-state index in [9.17, 15) is 4.79 Å². The summed E-state index contributed by atoms with van der Waals surface area (Å²) in [6, 6.07) is 20.2. The lowest BCUT2D eigenvalue weighted by Crippen LogP contribution is -2.55. The predicted molar refractivity (Wildman–Crippen MR) is 191 cm³/mol. The van der Waals surface area contributed by atoms with Gasteiger partial charge < -0.3 is 15.5 Å². The van der Waals surface area contributed by atoms with E-state index in [1.807, 2.05) is 36.4 Å². The quantitative estimate of drug-likeness (QED) is 0.270. The number of carbonyl (C=O) groups is 1. The van der Waals surface area contributed by atoms with Gasteiger partial charge in [0.15, 0.2) is 5.11 Å². The monoisotopic (exact) mass is 660 g/mol. The molecule has 3 aromatic rings. The zero-order valence-corrected chi connectivity index (χ0v) is 29.0. The lowest BCUT2D eigenvalue weighted by atomic mass is 9.49. The minimum absolute atomic E-state index is 0.0520. The van der Waals surface area contributed by atoms with Gasteiger partial charge in [-0.3, -0.25) is 4.79 Å². The van der Waals surface area contributed by atoms with Crippen LogP contribution in [0.2, 0.25) is 10.0 Å². The van der Waals surface area contributed by atoms with E-state index in [0.29, 0.717) is 38.4 Å². The summed E-state index contributed by atoms with van der Waals surface area (Å²) in [6.45, 7) is 10.2. The molecule has 45 heavy (non-hydrogen) atoms. The third kappa shape index (κ3) is 5.90. The number of hydrogen-bond acceptors (Lipinski definition) is 3. The van der Waals surface area contributed by atoms with E-state index in [1.165, 1.54) is 36.0 Å². The fraction of sp³-hybridized carbons (Fsp3) is 0.432. The number of nitrogens with one attached hydrogen (secondary N) is 2. The Balaban J connectivity index is 1.24. The Labute approximate surface area is 282 Å². The number of benzodiazepines with no additional fused rings is 1. The van der Waals surface area contributed by atoms with Crippen LogP contribution in [0.3, 0.4) is 0 Å². The summed E-state index contributed by atoms with van der Waals surface area (Å²) in [5.74, 6) is 0.847. The van der Waals surface area contributed by atoms with Crippen molar-refractivity contribution in [3.8, 4) is 0 Å². The van der Waals surface area contributed by atoms with Gasteiger partial charge >= 0.3 is 0 Å². The van der Waals surface area contributed by atoms with Crippen LogP contribution in [0, 0.1) is 11.3 Å². The standard InChI is InChI=1S/C37H42Cl2N4OS/c1-22(2)23-11-14-28-24(19-23)12-16-31-36(3,17-8-18-37(28,31)4)21-40-35(45)42-33-34(44)43(5)30-15-13-25(38)20-27(30)32(41-33)26-9-6-7-10-29(26)39/h6-7,9-11,13-15,19-20,22,31,33H,8,12,16-18,21H2,1-5H3,(H2,40,42,45). The summed E-state index contributed by atoms with van der Waals surface area (Å²) in [5, 5.41) is 8.28. The van der Waals surface area contributed by atoms with Crippen molar-refractivity contribution in [3.05, 3.63) is 98.5 Å². The summed E-state index contributed by atoms with van der Waals surface area (Å²) in [6.07, 6.45) is 4.86. The Morgan fingerprint density at radius 2 is 1.84 bits per heavy atom. The van der Waals surface area contributed by atoms with Gasteiger partial charge in [-0.2, -0.15) is 0 Å². The first-order valence-corrected chi connectivity index (χ1v) is 17.2. The smallest absolute Gasteiger partial charge is 0.272 e.